The monoisotopic (exact) mass is 393 g/mol. The third-order valence-electron chi connectivity index (χ3n) is 5.35. The van der Waals surface area contributed by atoms with Crippen molar-refractivity contribution in [1.29, 1.82) is 0 Å². The zero-order valence-corrected chi connectivity index (χ0v) is 16.6. The van der Waals surface area contributed by atoms with Crippen molar-refractivity contribution in [1.82, 2.24) is 14.8 Å². The quantitative estimate of drug-likeness (QED) is 0.652. The summed E-state index contributed by atoms with van der Waals surface area (Å²) in [5.74, 6) is 0.228. The minimum absolute atomic E-state index is 0.228. The number of piperazine rings is 1. The largest absolute Gasteiger partial charge is 0.340 e. The van der Waals surface area contributed by atoms with Crippen LogP contribution >= 0.6 is 11.6 Å². The highest BCUT2D eigenvalue weighted by molar-refractivity contribution is 6.30. The summed E-state index contributed by atoms with van der Waals surface area (Å²) in [6.07, 6.45) is 3.12. The number of hydrogen-bond acceptors (Lipinski definition) is 3. The Hall–Kier alpha value is -2.43. The molecule has 1 aliphatic heterocycles. The SMILES string of the molecule is O=C(CCc1cccc(Cl)c1)N1CCN(Cc2cccc3cccnc23)CC1. The smallest absolute Gasteiger partial charge is 0.222 e. The lowest BCUT2D eigenvalue weighted by Crippen LogP contribution is -2.48. The van der Waals surface area contributed by atoms with Gasteiger partial charge in [0, 0.05) is 55.8 Å². The summed E-state index contributed by atoms with van der Waals surface area (Å²) in [7, 11) is 0. The van der Waals surface area contributed by atoms with Gasteiger partial charge in [0.2, 0.25) is 5.91 Å². The highest BCUT2D eigenvalue weighted by Gasteiger charge is 2.21. The molecule has 2 aromatic carbocycles. The number of amides is 1. The zero-order valence-electron chi connectivity index (χ0n) is 15.9. The number of nitrogens with zero attached hydrogens (tertiary/aromatic N) is 3. The topological polar surface area (TPSA) is 36.4 Å². The molecule has 3 aromatic rings. The van der Waals surface area contributed by atoms with Crippen molar-refractivity contribution >= 4 is 28.4 Å². The minimum Gasteiger partial charge on any atom is -0.340 e. The molecule has 4 rings (SSSR count). The van der Waals surface area contributed by atoms with Crippen LogP contribution in [0.2, 0.25) is 5.02 Å². The first kappa shape index (κ1) is 18.9. The van der Waals surface area contributed by atoms with Gasteiger partial charge in [-0.3, -0.25) is 14.7 Å². The van der Waals surface area contributed by atoms with E-state index in [1.54, 1.807) is 0 Å². The van der Waals surface area contributed by atoms with Crippen LogP contribution in [0.1, 0.15) is 17.5 Å². The molecule has 0 atom stereocenters. The van der Waals surface area contributed by atoms with Gasteiger partial charge in [0.05, 0.1) is 5.52 Å². The van der Waals surface area contributed by atoms with Crippen molar-refractivity contribution in [2.75, 3.05) is 26.2 Å². The number of carbonyl (C=O) groups is 1. The number of benzene rings is 2. The van der Waals surface area contributed by atoms with E-state index in [1.165, 1.54) is 10.9 Å². The molecule has 0 spiro atoms. The van der Waals surface area contributed by atoms with E-state index in [2.05, 4.69) is 34.1 Å². The standard InChI is InChI=1S/C23H24ClN3O/c24-21-8-1-4-18(16-21)9-10-22(28)27-14-12-26(13-15-27)17-20-6-2-5-19-7-3-11-25-23(19)20/h1-8,11,16H,9-10,12-15,17H2. The molecule has 2 heterocycles. The van der Waals surface area contributed by atoms with E-state index in [1.807, 2.05) is 41.4 Å². The first-order valence-corrected chi connectivity index (χ1v) is 10.1. The maximum absolute atomic E-state index is 12.6. The second-order valence-corrected chi connectivity index (χ2v) is 7.72. The Bertz CT molecular complexity index is 961. The molecule has 1 aliphatic rings. The van der Waals surface area contributed by atoms with E-state index in [-0.39, 0.29) is 5.91 Å². The van der Waals surface area contributed by atoms with Crippen LogP contribution in [0.3, 0.4) is 0 Å². The van der Waals surface area contributed by atoms with Crippen LogP contribution in [0.15, 0.2) is 60.8 Å². The average molecular weight is 394 g/mol. The molecule has 0 aliphatic carbocycles. The number of halogens is 1. The first-order chi connectivity index (χ1) is 13.7. The number of carbonyl (C=O) groups excluding carboxylic acids is 1. The highest BCUT2D eigenvalue weighted by Crippen LogP contribution is 2.19. The Kier molecular flexibility index (Phi) is 5.89. The molecule has 1 amide bonds. The van der Waals surface area contributed by atoms with E-state index in [0.717, 1.165) is 55.2 Å². The van der Waals surface area contributed by atoms with Gasteiger partial charge in [0.15, 0.2) is 0 Å². The van der Waals surface area contributed by atoms with E-state index in [4.69, 9.17) is 11.6 Å². The van der Waals surface area contributed by atoms with Crippen molar-refractivity contribution < 1.29 is 4.79 Å². The van der Waals surface area contributed by atoms with Gasteiger partial charge in [0.25, 0.3) is 0 Å². The summed E-state index contributed by atoms with van der Waals surface area (Å²) in [5.41, 5.74) is 3.44. The molecule has 0 N–H and O–H groups in total. The van der Waals surface area contributed by atoms with Crippen LogP contribution in [0.5, 0.6) is 0 Å². The predicted molar refractivity (Wildman–Crippen MR) is 113 cm³/mol. The molecule has 0 saturated carbocycles. The molecular formula is C23H24ClN3O. The molecule has 28 heavy (non-hydrogen) atoms. The van der Waals surface area contributed by atoms with E-state index >= 15 is 0 Å². The summed E-state index contributed by atoms with van der Waals surface area (Å²) in [4.78, 5) is 21.5. The Labute approximate surface area is 170 Å². The van der Waals surface area contributed by atoms with E-state index in [0.29, 0.717) is 6.42 Å². The number of hydrogen-bond donors (Lipinski definition) is 0. The lowest BCUT2D eigenvalue weighted by atomic mass is 10.1. The van der Waals surface area contributed by atoms with Crippen LogP contribution < -0.4 is 0 Å². The van der Waals surface area contributed by atoms with Gasteiger partial charge in [-0.05, 0) is 35.7 Å². The van der Waals surface area contributed by atoms with E-state index in [9.17, 15) is 4.79 Å². The fraction of sp³-hybridized carbons (Fsp3) is 0.304. The van der Waals surface area contributed by atoms with Crippen molar-refractivity contribution in [2.24, 2.45) is 0 Å². The number of aromatic nitrogens is 1. The van der Waals surface area contributed by atoms with Gasteiger partial charge < -0.3 is 4.90 Å². The fourth-order valence-corrected chi connectivity index (χ4v) is 4.01. The Balaban J connectivity index is 1.30. The Morgan fingerprint density at radius 3 is 2.61 bits per heavy atom. The van der Waals surface area contributed by atoms with Crippen LogP contribution in [0.25, 0.3) is 10.9 Å². The lowest BCUT2D eigenvalue weighted by molar-refractivity contribution is -0.133. The van der Waals surface area contributed by atoms with Crippen LogP contribution in [-0.4, -0.2) is 46.9 Å². The molecule has 144 valence electrons. The van der Waals surface area contributed by atoms with Crippen molar-refractivity contribution in [3.05, 3.63) is 76.9 Å². The number of pyridine rings is 1. The summed E-state index contributed by atoms with van der Waals surface area (Å²) in [5, 5.41) is 1.90. The van der Waals surface area contributed by atoms with Gasteiger partial charge in [-0.1, -0.05) is 48.0 Å². The average Bonchev–Trinajstić information content (AvgIpc) is 2.73. The summed E-state index contributed by atoms with van der Waals surface area (Å²) in [6, 6.07) is 18.2. The number of fused-ring (bicyclic) bond motifs is 1. The molecule has 0 bridgehead atoms. The molecule has 4 nitrogen and oxygen atoms in total. The molecular weight excluding hydrogens is 370 g/mol. The van der Waals surface area contributed by atoms with Crippen molar-refractivity contribution in [3.8, 4) is 0 Å². The fourth-order valence-electron chi connectivity index (χ4n) is 3.79. The van der Waals surface area contributed by atoms with Crippen molar-refractivity contribution in [2.45, 2.75) is 19.4 Å². The van der Waals surface area contributed by atoms with Gasteiger partial charge in [-0.25, -0.2) is 0 Å². The highest BCUT2D eigenvalue weighted by atomic mass is 35.5. The lowest BCUT2D eigenvalue weighted by Gasteiger charge is -2.35. The number of para-hydroxylation sites is 1. The van der Waals surface area contributed by atoms with Gasteiger partial charge >= 0.3 is 0 Å². The van der Waals surface area contributed by atoms with Crippen LogP contribution in [0, 0.1) is 0 Å². The predicted octanol–water partition coefficient (Wildman–Crippen LogP) is 4.17. The third kappa shape index (κ3) is 4.51. The molecule has 1 fully saturated rings. The van der Waals surface area contributed by atoms with Crippen molar-refractivity contribution in [3.63, 3.8) is 0 Å². The normalized spacial score (nSPS) is 15.1. The summed E-state index contributed by atoms with van der Waals surface area (Å²) >= 11 is 6.02. The molecule has 0 unspecified atom stereocenters. The molecule has 1 saturated heterocycles. The summed E-state index contributed by atoms with van der Waals surface area (Å²) < 4.78 is 0. The third-order valence-corrected chi connectivity index (χ3v) is 5.59. The zero-order chi connectivity index (χ0) is 19.3. The second-order valence-electron chi connectivity index (χ2n) is 7.28. The minimum atomic E-state index is 0.228. The Morgan fingerprint density at radius 1 is 1.00 bits per heavy atom. The molecule has 1 aromatic heterocycles. The number of aryl methyl sites for hydroxylation is 1. The van der Waals surface area contributed by atoms with Gasteiger partial charge in [0.1, 0.15) is 0 Å². The maximum Gasteiger partial charge on any atom is 0.222 e. The Morgan fingerprint density at radius 2 is 1.79 bits per heavy atom. The molecule has 5 heteroatoms. The maximum atomic E-state index is 12.6. The first-order valence-electron chi connectivity index (χ1n) is 9.76. The van der Waals surface area contributed by atoms with Gasteiger partial charge in [-0.2, -0.15) is 0 Å². The second kappa shape index (κ2) is 8.72. The van der Waals surface area contributed by atoms with Crippen LogP contribution in [0.4, 0.5) is 0 Å². The summed E-state index contributed by atoms with van der Waals surface area (Å²) in [6.45, 7) is 4.23. The van der Waals surface area contributed by atoms with E-state index < -0.39 is 0 Å². The van der Waals surface area contributed by atoms with Crippen LogP contribution in [-0.2, 0) is 17.8 Å². The number of rotatable bonds is 5. The van der Waals surface area contributed by atoms with Gasteiger partial charge in [-0.15, -0.1) is 0 Å². The molecule has 0 radical (unpaired) electrons.